The smallest absolute Gasteiger partial charge is 0.325 e. The average molecular weight is 342 g/mol. The predicted molar refractivity (Wildman–Crippen MR) is 87.8 cm³/mol. The molecule has 1 aliphatic heterocycles. The van der Waals surface area contributed by atoms with Gasteiger partial charge in [-0.25, -0.2) is 8.42 Å². The molecule has 0 saturated carbocycles. The Bertz CT molecular complexity index is 664. The van der Waals surface area contributed by atoms with Crippen LogP contribution in [-0.2, 0) is 19.6 Å². The summed E-state index contributed by atoms with van der Waals surface area (Å²) in [6, 6.07) is 6.04. The largest absolute Gasteiger partial charge is 0.465 e. The SMILES string of the molecule is CCOC(=O)[C@@H]1[C@@H]([Si](C)(C)C)N1S(=O)(=O)c1ccc(C)cc1. The van der Waals surface area contributed by atoms with Crippen LogP contribution >= 0.6 is 0 Å². The number of nitrogens with zero attached hydrogens (tertiary/aromatic N) is 1. The summed E-state index contributed by atoms with van der Waals surface area (Å²) in [5.74, 6) is -0.439. The highest BCUT2D eigenvalue weighted by Gasteiger charge is 2.65. The summed E-state index contributed by atoms with van der Waals surface area (Å²) in [7, 11) is -5.51. The van der Waals surface area contributed by atoms with Crippen molar-refractivity contribution in [3.8, 4) is 0 Å². The van der Waals surface area contributed by atoms with Gasteiger partial charge in [-0.05, 0) is 26.0 Å². The molecule has 22 heavy (non-hydrogen) atoms. The maximum Gasteiger partial charge on any atom is 0.325 e. The summed E-state index contributed by atoms with van der Waals surface area (Å²) in [5.41, 5.74) is 0.756. The molecule has 2 rings (SSSR count). The minimum Gasteiger partial charge on any atom is -0.465 e. The lowest BCUT2D eigenvalue weighted by atomic mass is 10.2. The Labute approximate surface area is 133 Å². The van der Waals surface area contributed by atoms with E-state index in [2.05, 4.69) is 19.6 Å². The van der Waals surface area contributed by atoms with Crippen LogP contribution in [0.2, 0.25) is 19.6 Å². The van der Waals surface area contributed by atoms with Crippen molar-refractivity contribution in [1.82, 2.24) is 4.31 Å². The number of aryl methyl sites for hydroxylation is 1. The van der Waals surface area contributed by atoms with Crippen LogP contribution in [0.15, 0.2) is 29.2 Å². The first kappa shape index (κ1) is 17.2. The van der Waals surface area contributed by atoms with E-state index >= 15 is 0 Å². The van der Waals surface area contributed by atoms with Crippen molar-refractivity contribution in [2.75, 3.05) is 6.61 Å². The molecule has 1 aromatic carbocycles. The second-order valence-electron chi connectivity index (χ2n) is 6.66. The molecule has 122 valence electrons. The van der Waals surface area contributed by atoms with Crippen LogP contribution in [0.25, 0.3) is 0 Å². The van der Waals surface area contributed by atoms with Gasteiger partial charge in [-0.1, -0.05) is 37.3 Å². The number of hydrogen-bond donors (Lipinski definition) is 0. The Balaban J connectivity index is 2.36. The highest BCUT2D eigenvalue weighted by molar-refractivity contribution is 7.89. The first-order valence-electron chi connectivity index (χ1n) is 7.37. The van der Waals surface area contributed by atoms with Crippen molar-refractivity contribution in [3.05, 3.63) is 29.8 Å². The number of rotatable bonds is 5. The van der Waals surface area contributed by atoms with E-state index in [1.807, 2.05) is 6.92 Å². The molecule has 0 N–H and O–H groups in total. The number of benzene rings is 1. The van der Waals surface area contributed by atoms with Crippen molar-refractivity contribution >= 4 is 24.1 Å². The standard InChI is InChI=1S/C15H23NO4SSi/c1-6-20-15(17)13-14(22(3,4)5)16(13)21(18,19)12-9-7-11(2)8-10-12/h7-10,13-14H,6H2,1-5H3/t13-,14+,16?/m0/s1. The summed E-state index contributed by atoms with van der Waals surface area (Å²) in [6.45, 7) is 10.1. The molecule has 3 atom stereocenters. The third-order valence-electron chi connectivity index (χ3n) is 3.77. The van der Waals surface area contributed by atoms with E-state index in [0.29, 0.717) is 0 Å². The van der Waals surface area contributed by atoms with Crippen LogP contribution in [0, 0.1) is 6.92 Å². The van der Waals surface area contributed by atoms with Gasteiger partial charge in [-0.3, -0.25) is 4.79 Å². The minimum absolute atomic E-state index is 0.230. The molecule has 1 saturated heterocycles. The Morgan fingerprint density at radius 3 is 2.23 bits per heavy atom. The maximum atomic E-state index is 12.8. The molecule has 0 aromatic heterocycles. The van der Waals surface area contributed by atoms with Crippen molar-refractivity contribution in [2.45, 2.75) is 50.1 Å². The molecule has 5 nitrogen and oxygen atoms in total. The van der Waals surface area contributed by atoms with Gasteiger partial charge in [0.15, 0.2) is 0 Å². The molecule has 0 spiro atoms. The second-order valence-corrected chi connectivity index (χ2v) is 13.8. The van der Waals surface area contributed by atoms with Crippen molar-refractivity contribution in [1.29, 1.82) is 0 Å². The van der Waals surface area contributed by atoms with Crippen LogP contribution in [0.1, 0.15) is 12.5 Å². The van der Waals surface area contributed by atoms with E-state index in [0.717, 1.165) is 5.56 Å². The van der Waals surface area contributed by atoms with E-state index in [4.69, 9.17) is 4.74 Å². The summed E-state index contributed by atoms with van der Waals surface area (Å²) in [6.07, 6.45) is 0. The molecule has 1 unspecified atom stereocenters. The fourth-order valence-corrected chi connectivity index (χ4v) is 7.80. The van der Waals surface area contributed by atoms with E-state index in [-0.39, 0.29) is 17.2 Å². The number of esters is 1. The fourth-order valence-electron chi connectivity index (χ4n) is 2.66. The van der Waals surface area contributed by atoms with Crippen LogP contribution in [-0.4, -0.2) is 45.1 Å². The first-order chi connectivity index (χ1) is 10.1. The van der Waals surface area contributed by atoms with Gasteiger partial charge in [0.1, 0.15) is 6.04 Å². The number of sulfonamides is 1. The van der Waals surface area contributed by atoms with E-state index < -0.39 is 30.1 Å². The van der Waals surface area contributed by atoms with Gasteiger partial charge in [-0.15, -0.1) is 0 Å². The quantitative estimate of drug-likeness (QED) is 0.468. The Kier molecular flexibility index (Phi) is 4.52. The second kappa shape index (κ2) is 5.79. The summed E-state index contributed by atoms with van der Waals surface area (Å²) < 4.78 is 32.0. The lowest BCUT2D eigenvalue weighted by Crippen LogP contribution is -2.34. The summed E-state index contributed by atoms with van der Waals surface area (Å²) in [5, 5.41) is 0. The van der Waals surface area contributed by atoms with Gasteiger partial charge in [0.25, 0.3) is 0 Å². The van der Waals surface area contributed by atoms with Gasteiger partial charge in [0.05, 0.1) is 19.6 Å². The molecular formula is C15H23NO4SSi. The molecule has 0 radical (unpaired) electrons. The predicted octanol–water partition coefficient (Wildman–Crippen LogP) is 2.18. The Hall–Kier alpha value is -1.18. The van der Waals surface area contributed by atoms with Crippen LogP contribution in [0.4, 0.5) is 0 Å². The number of ether oxygens (including phenoxy) is 1. The number of carbonyl (C=O) groups excluding carboxylic acids is 1. The lowest BCUT2D eigenvalue weighted by Gasteiger charge is -2.15. The molecular weight excluding hydrogens is 318 g/mol. The fraction of sp³-hybridized carbons (Fsp3) is 0.533. The van der Waals surface area contributed by atoms with Crippen molar-refractivity contribution < 1.29 is 17.9 Å². The molecule has 1 aromatic rings. The topological polar surface area (TPSA) is 63.5 Å². The normalized spacial score (nSPS) is 24.9. The van der Waals surface area contributed by atoms with Gasteiger partial charge in [-0.2, -0.15) is 4.31 Å². The van der Waals surface area contributed by atoms with Crippen molar-refractivity contribution in [2.24, 2.45) is 0 Å². The maximum absolute atomic E-state index is 12.8. The third-order valence-corrected chi connectivity index (χ3v) is 8.20. The highest BCUT2D eigenvalue weighted by Crippen LogP contribution is 2.42. The summed E-state index contributed by atoms with van der Waals surface area (Å²) in [4.78, 5) is 12.3. The average Bonchev–Trinajstić information content (AvgIpc) is 3.15. The van der Waals surface area contributed by atoms with E-state index in [1.165, 1.54) is 4.31 Å². The molecule has 0 bridgehead atoms. The zero-order valence-electron chi connectivity index (χ0n) is 13.7. The lowest BCUT2D eigenvalue weighted by molar-refractivity contribution is -0.143. The molecule has 7 heteroatoms. The minimum atomic E-state index is -3.66. The van der Waals surface area contributed by atoms with Gasteiger partial charge < -0.3 is 4.74 Å². The first-order valence-corrected chi connectivity index (χ1v) is 12.4. The van der Waals surface area contributed by atoms with Crippen LogP contribution in [0.5, 0.6) is 0 Å². The van der Waals surface area contributed by atoms with Crippen LogP contribution in [0.3, 0.4) is 0 Å². The Morgan fingerprint density at radius 1 is 1.23 bits per heavy atom. The molecule has 0 aliphatic carbocycles. The van der Waals surface area contributed by atoms with Crippen LogP contribution < -0.4 is 0 Å². The molecule has 1 heterocycles. The Morgan fingerprint density at radius 2 is 1.77 bits per heavy atom. The monoisotopic (exact) mass is 341 g/mol. The zero-order valence-corrected chi connectivity index (χ0v) is 15.5. The third kappa shape index (κ3) is 3.11. The van der Waals surface area contributed by atoms with Gasteiger partial charge in [0.2, 0.25) is 10.0 Å². The van der Waals surface area contributed by atoms with Gasteiger partial charge >= 0.3 is 5.97 Å². The van der Waals surface area contributed by atoms with Gasteiger partial charge in [0, 0.05) is 5.67 Å². The zero-order chi connectivity index (χ0) is 16.7. The van der Waals surface area contributed by atoms with Crippen molar-refractivity contribution in [3.63, 3.8) is 0 Å². The highest BCUT2D eigenvalue weighted by atomic mass is 32.2. The summed E-state index contributed by atoms with van der Waals surface area (Å²) >= 11 is 0. The number of hydrogen-bond acceptors (Lipinski definition) is 4. The van der Waals surface area contributed by atoms with E-state index in [1.54, 1.807) is 31.2 Å². The molecule has 1 aliphatic rings. The van der Waals surface area contributed by atoms with E-state index in [9.17, 15) is 13.2 Å². The molecule has 0 amide bonds. The molecule has 1 fully saturated rings. The number of carbonyl (C=O) groups is 1.